The SMILES string of the molecule is CC(C)N(C)S(=O)(=O)N(c1ccc(CN)cc1)C1CC1. The Balaban J connectivity index is 2.36. The second-order valence-electron chi connectivity index (χ2n) is 5.52. The highest BCUT2D eigenvalue weighted by atomic mass is 32.2. The van der Waals surface area contributed by atoms with Crippen molar-refractivity contribution in [2.45, 2.75) is 45.3 Å². The molecule has 0 radical (unpaired) electrons. The van der Waals surface area contributed by atoms with E-state index >= 15 is 0 Å². The number of nitrogens with zero attached hydrogens (tertiary/aromatic N) is 2. The molecule has 1 aliphatic carbocycles. The second kappa shape index (κ2) is 5.71. The number of hydrogen-bond acceptors (Lipinski definition) is 3. The number of benzene rings is 1. The molecule has 0 heterocycles. The third-order valence-corrected chi connectivity index (χ3v) is 5.80. The monoisotopic (exact) mass is 297 g/mol. The molecule has 1 aromatic carbocycles. The third-order valence-electron chi connectivity index (χ3n) is 3.64. The van der Waals surface area contributed by atoms with Crippen molar-refractivity contribution in [3.05, 3.63) is 29.8 Å². The summed E-state index contributed by atoms with van der Waals surface area (Å²) in [6, 6.07) is 7.47. The van der Waals surface area contributed by atoms with Gasteiger partial charge in [0.1, 0.15) is 0 Å². The lowest BCUT2D eigenvalue weighted by Gasteiger charge is -2.31. The van der Waals surface area contributed by atoms with Gasteiger partial charge in [0, 0.05) is 25.7 Å². The van der Waals surface area contributed by atoms with Crippen LogP contribution in [0.15, 0.2) is 24.3 Å². The van der Waals surface area contributed by atoms with Gasteiger partial charge in [-0.3, -0.25) is 4.31 Å². The van der Waals surface area contributed by atoms with Gasteiger partial charge >= 0.3 is 10.2 Å². The molecule has 0 unspecified atom stereocenters. The molecule has 112 valence electrons. The maximum absolute atomic E-state index is 12.7. The molecule has 0 bridgehead atoms. The topological polar surface area (TPSA) is 66.6 Å². The van der Waals surface area contributed by atoms with Gasteiger partial charge < -0.3 is 5.73 Å². The predicted octanol–water partition coefficient (Wildman–Crippen LogP) is 1.70. The van der Waals surface area contributed by atoms with Gasteiger partial charge in [-0.2, -0.15) is 12.7 Å². The summed E-state index contributed by atoms with van der Waals surface area (Å²) in [5.41, 5.74) is 7.30. The lowest BCUT2D eigenvalue weighted by atomic mass is 10.2. The molecule has 0 saturated heterocycles. The molecule has 20 heavy (non-hydrogen) atoms. The van der Waals surface area contributed by atoms with Crippen LogP contribution in [0.25, 0.3) is 0 Å². The van der Waals surface area contributed by atoms with Crippen molar-refractivity contribution >= 4 is 15.9 Å². The fourth-order valence-electron chi connectivity index (χ4n) is 2.03. The molecule has 0 atom stereocenters. The summed E-state index contributed by atoms with van der Waals surface area (Å²) in [6.07, 6.45) is 1.84. The Labute approximate surface area is 121 Å². The zero-order valence-corrected chi connectivity index (χ0v) is 13.1. The van der Waals surface area contributed by atoms with Crippen molar-refractivity contribution in [2.75, 3.05) is 11.4 Å². The minimum Gasteiger partial charge on any atom is -0.326 e. The lowest BCUT2D eigenvalue weighted by Crippen LogP contribution is -2.46. The van der Waals surface area contributed by atoms with E-state index in [9.17, 15) is 8.42 Å². The molecule has 1 saturated carbocycles. The minimum absolute atomic E-state index is 0.0652. The summed E-state index contributed by atoms with van der Waals surface area (Å²) in [4.78, 5) is 0. The van der Waals surface area contributed by atoms with Crippen LogP contribution in [0.5, 0.6) is 0 Å². The molecule has 0 aliphatic heterocycles. The summed E-state index contributed by atoms with van der Waals surface area (Å²) < 4.78 is 28.4. The van der Waals surface area contributed by atoms with Gasteiger partial charge in [0.2, 0.25) is 0 Å². The standard InChI is InChI=1S/C14H23N3O2S/c1-11(2)16(3)20(18,19)17(14-8-9-14)13-6-4-12(10-15)5-7-13/h4-7,11,14H,8-10,15H2,1-3H3. The van der Waals surface area contributed by atoms with E-state index in [2.05, 4.69) is 0 Å². The van der Waals surface area contributed by atoms with Crippen molar-refractivity contribution in [1.82, 2.24) is 4.31 Å². The molecular formula is C14H23N3O2S. The fourth-order valence-corrected chi connectivity index (χ4v) is 3.81. The zero-order chi connectivity index (χ0) is 14.9. The van der Waals surface area contributed by atoms with Crippen LogP contribution >= 0.6 is 0 Å². The Bertz CT molecular complexity index is 550. The average molecular weight is 297 g/mol. The first-order valence-electron chi connectivity index (χ1n) is 6.94. The van der Waals surface area contributed by atoms with Gasteiger partial charge in [-0.15, -0.1) is 0 Å². The van der Waals surface area contributed by atoms with E-state index in [-0.39, 0.29) is 12.1 Å². The van der Waals surface area contributed by atoms with Crippen LogP contribution in [0.3, 0.4) is 0 Å². The molecule has 1 fully saturated rings. The van der Waals surface area contributed by atoms with Gasteiger partial charge in [0.05, 0.1) is 5.69 Å². The molecule has 2 N–H and O–H groups in total. The summed E-state index contributed by atoms with van der Waals surface area (Å²) in [5, 5.41) is 0. The molecule has 1 aromatic rings. The molecule has 5 nitrogen and oxygen atoms in total. The van der Waals surface area contributed by atoms with Gasteiger partial charge in [-0.05, 0) is 44.4 Å². The van der Waals surface area contributed by atoms with E-state index in [1.54, 1.807) is 11.4 Å². The Hall–Kier alpha value is -1.11. The Morgan fingerprint density at radius 1 is 1.25 bits per heavy atom. The molecular weight excluding hydrogens is 274 g/mol. The van der Waals surface area contributed by atoms with Gasteiger partial charge in [0.25, 0.3) is 0 Å². The number of anilines is 1. The first-order chi connectivity index (χ1) is 9.37. The first-order valence-corrected chi connectivity index (χ1v) is 8.34. The number of nitrogens with two attached hydrogens (primary N) is 1. The van der Waals surface area contributed by atoms with Crippen LogP contribution < -0.4 is 10.0 Å². The van der Waals surface area contributed by atoms with Crippen molar-refractivity contribution in [2.24, 2.45) is 5.73 Å². The van der Waals surface area contributed by atoms with E-state index in [4.69, 9.17) is 5.73 Å². The summed E-state index contributed by atoms with van der Waals surface area (Å²) in [7, 11) is -1.85. The van der Waals surface area contributed by atoms with Crippen molar-refractivity contribution in [3.8, 4) is 0 Å². The van der Waals surface area contributed by atoms with Gasteiger partial charge in [-0.1, -0.05) is 12.1 Å². The van der Waals surface area contributed by atoms with E-state index in [1.165, 1.54) is 4.31 Å². The quantitative estimate of drug-likeness (QED) is 0.869. The number of rotatable bonds is 6. The Morgan fingerprint density at radius 2 is 1.80 bits per heavy atom. The molecule has 0 amide bonds. The Morgan fingerprint density at radius 3 is 2.20 bits per heavy atom. The van der Waals surface area contributed by atoms with Gasteiger partial charge in [-0.25, -0.2) is 0 Å². The molecule has 2 rings (SSSR count). The third kappa shape index (κ3) is 2.97. The van der Waals surface area contributed by atoms with Crippen LogP contribution in [0.2, 0.25) is 0 Å². The highest BCUT2D eigenvalue weighted by Crippen LogP contribution is 2.35. The molecule has 1 aliphatic rings. The fraction of sp³-hybridized carbons (Fsp3) is 0.571. The Kier molecular flexibility index (Phi) is 4.36. The van der Waals surface area contributed by atoms with Gasteiger partial charge in [0.15, 0.2) is 0 Å². The van der Waals surface area contributed by atoms with E-state index in [1.807, 2.05) is 38.1 Å². The average Bonchev–Trinajstić information content (AvgIpc) is 3.23. The van der Waals surface area contributed by atoms with E-state index < -0.39 is 10.2 Å². The van der Waals surface area contributed by atoms with E-state index in [0.717, 1.165) is 24.1 Å². The summed E-state index contributed by atoms with van der Waals surface area (Å²) in [5.74, 6) is 0. The van der Waals surface area contributed by atoms with Crippen LogP contribution in [-0.2, 0) is 16.8 Å². The van der Waals surface area contributed by atoms with Crippen LogP contribution in [0.1, 0.15) is 32.3 Å². The zero-order valence-electron chi connectivity index (χ0n) is 12.3. The second-order valence-corrected chi connectivity index (χ2v) is 7.38. The lowest BCUT2D eigenvalue weighted by molar-refractivity contribution is 0.407. The minimum atomic E-state index is -3.47. The molecule has 6 heteroatoms. The van der Waals surface area contributed by atoms with Crippen molar-refractivity contribution < 1.29 is 8.42 Å². The largest absolute Gasteiger partial charge is 0.326 e. The molecule has 0 aromatic heterocycles. The van der Waals surface area contributed by atoms with Crippen LogP contribution in [0, 0.1) is 0 Å². The van der Waals surface area contributed by atoms with E-state index in [0.29, 0.717) is 6.54 Å². The maximum atomic E-state index is 12.7. The smallest absolute Gasteiger partial charge is 0.304 e. The van der Waals surface area contributed by atoms with Crippen LogP contribution in [-0.4, -0.2) is 31.9 Å². The van der Waals surface area contributed by atoms with Crippen LogP contribution in [0.4, 0.5) is 5.69 Å². The molecule has 0 spiro atoms. The van der Waals surface area contributed by atoms with Crippen molar-refractivity contribution in [1.29, 1.82) is 0 Å². The summed E-state index contributed by atoms with van der Waals surface area (Å²) >= 11 is 0. The predicted molar refractivity (Wildman–Crippen MR) is 81.7 cm³/mol. The maximum Gasteiger partial charge on any atom is 0.304 e. The normalized spacial score (nSPS) is 15.9. The van der Waals surface area contributed by atoms with Crippen molar-refractivity contribution in [3.63, 3.8) is 0 Å². The highest BCUT2D eigenvalue weighted by molar-refractivity contribution is 7.90. The first kappa shape index (κ1) is 15.3. The summed E-state index contributed by atoms with van der Waals surface area (Å²) in [6.45, 7) is 4.21. The number of hydrogen-bond donors (Lipinski definition) is 1. The highest BCUT2D eigenvalue weighted by Gasteiger charge is 2.40.